The predicted molar refractivity (Wildman–Crippen MR) is 175 cm³/mol. The van der Waals surface area contributed by atoms with Crippen molar-refractivity contribution >= 4 is 23.4 Å². The molecule has 5 nitrogen and oxygen atoms in total. The van der Waals surface area contributed by atoms with E-state index in [1.165, 1.54) is 68.3 Å². The van der Waals surface area contributed by atoms with Gasteiger partial charge in [0.25, 0.3) is 5.91 Å². The van der Waals surface area contributed by atoms with Crippen LogP contribution in [0.4, 0.5) is 5.69 Å². The van der Waals surface area contributed by atoms with Crippen molar-refractivity contribution in [3.8, 4) is 11.5 Å². The Morgan fingerprint density at radius 1 is 0.902 bits per heavy atom. The Hall–Kier alpha value is -2.60. The minimum absolute atomic E-state index is 0.00158. The smallest absolute Gasteiger partial charge is 0.262 e. The maximum atomic E-state index is 12.8. The molecule has 0 spiro atoms. The molecule has 1 aliphatic heterocycles. The average Bonchev–Trinajstić information content (AvgIpc) is 3.34. The van der Waals surface area contributed by atoms with Gasteiger partial charge in [0, 0.05) is 18.4 Å². The first-order valence-corrected chi connectivity index (χ1v) is 16.6. The number of carbonyl (C=O) groups is 1. The SMILES string of the molecule is CCCCCCCCCCCCOc1cc(C(C)(C)C)ccc1OCC(=O)Nc1cccc(CN2C=C(C)SC2)c1. The highest BCUT2D eigenvalue weighted by Gasteiger charge is 2.18. The molecule has 0 atom stereocenters. The molecule has 0 radical (unpaired) electrons. The molecule has 6 heteroatoms. The minimum Gasteiger partial charge on any atom is -0.490 e. The molecule has 1 aliphatic rings. The van der Waals surface area contributed by atoms with Crippen LogP contribution >= 0.6 is 11.8 Å². The number of hydrogen-bond donors (Lipinski definition) is 1. The highest BCUT2D eigenvalue weighted by molar-refractivity contribution is 8.03. The molecule has 1 heterocycles. The number of nitrogens with zero attached hydrogens (tertiary/aromatic N) is 1. The Bertz CT molecular complexity index is 1110. The molecule has 0 unspecified atom stereocenters. The van der Waals surface area contributed by atoms with E-state index in [4.69, 9.17) is 9.47 Å². The van der Waals surface area contributed by atoms with Crippen molar-refractivity contribution in [2.75, 3.05) is 24.4 Å². The lowest BCUT2D eigenvalue weighted by Gasteiger charge is -2.21. The zero-order valence-corrected chi connectivity index (χ0v) is 26.9. The molecule has 0 saturated heterocycles. The van der Waals surface area contributed by atoms with E-state index in [0.29, 0.717) is 12.4 Å². The van der Waals surface area contributed by atoms with Crippen molar-refractivity contribution in [3.63, 3.8) is 0 Å². The Kier molecular flexibility index (Phi) is 13.9. The summed E-state index contributed by atoms with van der Waals surface area (Å²) in [7, 11) is 0. The number of amides is 1. The van der Waals surface area contributed by atoms with Crippen LogP contribution in [0.5, 0.6) is 11.5 Å². The molecule has 226 valence electrons. The van der Waals surface area contributed by atoms with Gasteiger partial charge in [0.2, 0.25) is 0 Å². The van der Waals surface area contributed by atoms with E-state index in [1.807, 2.05) is 36.0 Å². The summed E-state index contributed by atoms with van der Waals surface area (Å²) in [5.74, 6) is 2.11. The molecule has 0 fully saturated rings. The molecular formula is C35H52N2O3S. The number of carbonyl (C=O) groups excluding carboxylic acids is 1. The Balaban J connectivity index is 1.46. The number of allylic oxidation sites excluding steroid dienone is 1. The molecule has 1 N–H and O–H groups in total. The Morgan fingerprint density at radius 2 is 1.61 bits per heavy atom. The molecule has 0 aromatic heterocycles. The number of benzene rings is 2. The van der Waals surface area contributed by atoms with Crippen LogP contribution < -0.4 is 14.8 Å². The molecule has 0 aliphatic carbocycles. The topological polar surface area (TPSA) is 50.8 Å². The van der Waals surface area contributed by atoms with Crippen LogP contribution in [0.25, 0.3) is 0 Å². The fourth-order valence-electron chi connectivity index (χ4n) is 4.91. The number of hydrogen-bond acceptors (Lipinski definition) is 5. The highest BCUT2D eigenvalue weighted by atomic mass is 32.2. The van der Waals surface area contributed by atoms with E-state index in [0.717, 1.165) is 35.8 Å². The summed E-state index contributed by atoms with van der Waals surface area (Å²) in [6, 6.07) is 14.1. The van der Waals surface area contributed by atoms with Crippen LogP contribution in [0, 0.1) is 0 Å². The standard InChI is InChI=1S/C35H52N2O3S/c1-6-7-8-9-10-11-12-13-14-15-21-39-33-23-30(35(3,4)5)19-20-32(33)40-26-34(38)36-31-18-16-17-29(22-31)25-37-24-28(2)41-27-37/h16-20,22-24H,6-15,21,25-27H2,1-5H3,(H,36,38). The van der Waals surface area contributed by atoms with Gasteiger partial charge in [0.05, 0.1) is 12.5 Å². The first kappa shape index (κ1) is 32.9. The molecule has 0 bridgehead atoms. The van der Waals surface area contributed by atoms with Crippen molar-refractivity contribution in [1.82, 2.24) is 4.90 Å². The Labute approximate surface area is 253 Å². The predicted octanol–water partition coefficient (Wildman–Crippen LogP) is 9.67. The van der Waals surface area contributed by atoms with Gasteiger partial charge >= 0.3 is 0 Å². The van der Waals surface area contributed by atoms with Crippen LogP contribution in [-0.2, 0) is 16.8 Å². The van der Waals surface area contributed by atoms with Gasteiger partial charge in [-0.05, 0) is 59.1 Å². The van der Waals surface area contributed by atoms with E-state index in [9.17, 15) is 4.79 Å². The number of nitrogens with one attached hydrogen (secondary N) is 1. The summed E-state index contributed by atoms with van der Waals surface area (Å²) >= 11 is 1.85. The van der Waals surface area contributed by atoms with E-state index >= 15 is 0 Å². The first-order valence-electron chi connectivity index (χ1n) is 15.6. The monoisotopic (exact) mass is 580 g/mol. The fourth-order valence-corrected chi connectivity index (χ4v) is 5.67. The zero-order chi connectivity index (χ0) is 29.5. The largest absolute Gasteiger partial charge is 0.490 e. The molecule has 2 aromatic rings. The third-order valence-electron chi connectivity index (χ3n) is 7.34. The lowest BCUT2D eigenvalue weighted by molar-refractivity contribution is -0.118. The van der Waals surface area contributed by atoms with Gasteiger partial charge in [0.15, 0.2) is 18.1 Å². The summed E-state index contributed by atoms with van der Waals surface area (Å²) in [5.41, 5.74) is 3.13. The van der Waals surface area contributed by atoms with Crippen LogP contribution in [0.1, 0.15) is 110 Å². The average molecular weight is 581 g/mol. The number of unbranched alkanes of at least 4 members (excludes halogenated alkanes) is 9. The summed E-state index contributed by atoms with van der Waals surface area (Å²) < 4.78 is 12.2. The lowest BCUT2D eigenvalue weighted by atomic mass is 9.87. The van der Waals surface area contributed by atoms with Gasteiger partial charge in [-0.15, -0.1) is 11.8 Å². The number of rotatable bonds is 18. The van der Waals surface area contributed by atoms with Crippen molar-refractivity contribution < 1.29 is 14.3 Å². The third-order valence-corrected chi connectivity index (χ3v) is 8.36. The van der Waals surface area contributed by atoms with Gasteiger partial charge < -0.3 is 19.7 Å². The maximum absolute atomic E-state index is 12.8. The van der Waals surface area contributed by atoms with Crippen LogP contribution in [0.15, 0.2) is 53.6 Å². The van der Waals surface area contributed by atoms with Crippen molar-refractivity contribution in [1.29, 1.82) is 0 Å². The van der Waals surface area contributed by atoms with Crippen molar-refractivity contribution in [3.05, 3.63) is 64.7 Å². The van der Waals surface area contributed by atoms with Crippen molar-refractivity contribution in [2.45, 2.75) is 111 Å². The quantitative estimate of drug-likeness (QED) is 0.178. The van der Waals surface area contributed by atoms with E-state index in [-0.39, 0.29) is 17.9 Å². The normalized spacial score (nSPS) is 13.3. The molecule has 1 amide bonds. The second-order valence-electron chi connectivity index (χ2n) is 12.2. The summed E-state index contributed by atoms with van der Waals surface area (Å²) in [4.78, 5) is 16.4. The third kappa shape index (κ3) is 12.4. The zero-order valence-electron chi connectivity index (χ0n) is 26.1. The second-order valence-corrected chi connectivity index (χ2v) is 13.4. The van der Waals surface area contributed by atoms with Crippen LogP contribution in [0.3, 0.4) is 0 Å². The molecule has 0 saturated carbocycles. The molecule has 2 aromatic carbocycles. The molecule has 41 heavy (non-hydrogen) atoms. The second kappa shape index (κ2) is 17.4. The van der Waals surface area contributed by atoms with Gasteiger partial charge in [-0.1, -0.05) is 104 Å². The first-order chi connectivity index (χ1) is 19.7. The van der Waals surface area contributed by atoms with E-state index in [2.05, 4.69) is 69.2 Å². The summed E-state index contributed by atoms with van der Waals surface area (Å²) in [6.45, 7) is 12.4. The van der Waals surface area contributed by atoms with Crippen LogP contribution in [-0.4, -0.2) is 29.9 Å². The van der Waals surface area contributed by atoms with Gasteiger partial charge in [-0.3, -0.25) is 4.79 Å². The van der Waals surface area contributed by atoms with Crippen molar-refractivity contribution in [2.24, 2.45) is 0 Å². The van der Waals surface area contributed by atoms with Crippen LogP contribution in [0.2, 0.25) is 0 Å². The maximum Gasteiger partial charge on any atom is 0.262 e. The number of ether oxygens (including phenoxy) is 2. The minimum atomic E-state index is -0.185. The fraction of sp³-hybridized carbons (Fsp3) is 0.571. The number of anilines is 1. The lowest BCUT2D eigenvalue weighted by Crippen LogP contribution is -2.21. The van der Waals surface area contributed by atoms with E-state index in [1.54, 1.807) is 0 Å². The van der Waals surface area contributed by atoms with Gasteiger partial charge in [-0.25, -0.2) is 0 Å². The van der Waals surface area contributed by atoms with Gasteiger partial charge in [-0.2, -0.15) is 0 Å². The summed E-state index contributed by atoms with van der Waals surface area (Å²) in [6.07, 6.45) is 15.1. The van der Waals surface area contributed by atoms with E-state index < -0.39 is 0 Å². The molecular weight excluding hydrogens is 528 g/mol. The summed E-state index contributed by atoms with van der Waals surface area (Å²) in [5, 5.41) is 2.99. The molecule has 3 rings (SSSR count). The Morgan fingerprint density at radius 3 is 2.27 bits per heavy atom. The number of thioether (sulfide) groups is 1. The highest BCUT2D eigenvalue weighted by Crippen LogP contribution is 2.34. The van der Waals surface area contributed by atoms with Gasteiger partial charge in [0.1, 0.15) is 0 Å².